The third-order valence-corrected chi connectivity index (χ3v) is 5.57. The molecule has 1 aliphatic heterocycles. The van der Waals surface area contributed by atoms with E-state index in [-0.39, 0.29) is 25.0 Å². The molecule has 1 atom stereocenters. The molecule has 0 fully saturated rings. The lowest BCUT2D eigenvalue weighted by Crippen LogP contribution is -2.37. The molecule has 2 aromatic carbocycles. The first-order chi connectivity index (χ1) is 13.5. The summed E-state index contributed by atoms with van der Waals surface area (Å²) in [5.41, 5.74) is 1.30. The minimum absolute atomic E-state index is 0.273. The molecular weight excluding hydrogens is 376 g/mol. The van der Waals surface area contributed by atoms with Gasteiger partial charge < -0.3 is 15.0 Å². The SMILES string of the molecule is C[C@H]1CCN(C(=O)COC(=O)CNC(=O)c2ccccc2)c2ccccc2S1. The third kappa shape index (κ3) is 5.13. The number of ether oxygens (including phenoxy) is 1. The highest BCUT2D eigenvalue weighted by atomic mass is 32.2. The summed E-state index contributed by atoms with van der Waals surface area (Å²) in [5.74, 6) is -1.29. The van der Waals surface area contributed by atoms with Crippen molar-refractivity contribution in [1.29, 1.82) is 0 Å². The van der Waals surface area contributed by atoms with E-state index in [0.29, 0.717) is 17.4 Å². The molecule has 0 aromatic heterocycles. The molecule has 1 heterocycles. The van der Waals surface area contributed by atoms with Crippen molar-refractivity contribution in [2.45, 2.75) is 23.5 Å². The van der Waals surface area contributed by atoms with Crippen molar-refractivity contribution in [1.82, 2.24) is 5.32 Å². The van der Waals surface area contributed by atoms with Gasteiger partial charge in [-0.25, -0.2) is 0 Å². The summed E-state index contributed by atoms with van der Waals surface area (Å²) in [6.07, 6.45) is 0.853. The molecule has 1 aliphatic rings. The monoisotopic (exact) mass is 398 g/mol. The molecule has 28 heavy (non-hydrogen) atoms. The predicted molar refractivity (Wildman–Crippen MR) is 108 cm³/mol. The van der Waals surface area contributed by atoms with E-state index in [9.17, 15) is 14.4 Å². The molecule has 0 bridgehead atoms. The Labute approximate surface area is 168 Å². The number of esters is 1. The Bertz CT molecular complexity index is 856. The Morgan fingerprint density at radius 2 is 1.82 bits per heavy atom. The van der Waals surface area contributed by atoms with Crippen LogP contribution in [0.4, 0.5) is 5.69 Å². The van der Waals surface area contributed by atoms with Crippen molar-refractivity contribution in [3.8, 4) is 0 Å². The molecule has 0 aliphatic carbocycles. The number of hydrogen-bond acceptors (Lipinski definition) is 5. The molecule has 1 N–H and O–H groups in total. The van der Waals surface area contributed by atoms with Crippen LogP contribution in [0.3, 0.4) is 0 Å². The lowest BCUT2D eigenvalue weighted by Gasteiger charge is -2.22. The van der Waals surface area contributed by atoms with Crippen LogP contribution in [0.1, 0.15) is 23.7 Å². The Morgan fingerprint density at radius 3 is 2.61 bits per heavy atom. The highest BCUT2D eigenvalue weighted by Crippen LogP contribution is 2.37. The van der Waals surface area contributed by atoms with Crippen LogP contribution >= 0.6 is 11.8 Å². The maximum absolute atomic E-state index is 12.6. The number of hydrogen-bond donors (Lipinski definition) is 1. The van der Waals surface area contributed by atoms with E-state index in [1.54, 1.807) is 47.0 Å². The van der Waals surface area contributed by atoms with Gasteiger partial charge in [0.2, 0.25) is 0 Å². The summed E-state index contributed by atoms with van der Waals surface area (Å²) in [6.45, 7) is 2.06. The van der Waals surface area contributed by atoms with Gasteiger partial charge in [0, 0.05) is 22.3 Å². The first-order valence-electron chi connectivity index (χ1n) is 9.09. The van der Waals surface area contributed by atoms with E-state index in [4.69, 9.17) is 4.74 Å². The van der Waals surface area contributed by atoms with Gasteiger partial charge in [-0.05, 0) is 30.7 Å². The quantitative estimate of drug-likeness (QED) is 0.784. The van der Waals surface area contributed by atoms with Crippen molar-refractivity contribution in [3.05, 3.63) is 60.2 Å². The van der Waals surface area contributed by atoms with Gasteiger partial charge >= 0.3 is 5.97 Å². The second-order valence-electron chi connectivity index (χ2n) is 6.44. The standard InChI is InChI=1S/C21H22N2O4S/c1-15-11-12-23(17-9-5-6-10-18(17)28-15)19(24)14-27-20(25)13-22-21(26)16-7-3-2-4-8-16/h2-10,15H,11-14H2,1H3,(H,22,26)/t15-/m0/s1. The molecule has 0 saturated carbocycles. The average Bonchev–Trinajstić information content (AvgIpc) is 2.89. The molecule has 0 spiro atoms. The van der Waals surface area contributed by atoms with Gasteiger partial charge in [0.25, 0.3) is 11.8 Å². The molecule has 0 saturated heterocycles. The lowest BCUT2D eigenvalue weighted by molar-refractivity contribution is -0.146. The van der Waals surface area contributed by atoms with Crippen LogP contribution in [-0.2, 0) is 14.3 Å². The van der Waals surface area contributed by atoms with Crippen molar-refractivity contribution < 1.29 is 19.1 Å². The third-order valence-electron chi connectivity index (χ3n) is 4.33. The second kappa shape index (κ2) is 9.41. The van der Waals surface area contributed by atoms with Crippen molar-refractivity contribution in [2.75, 3.05) is 24.6 Å². The molecule has 3 rings (SSSR count). The average molecular weight is 398 g/mol. The number of carbonyl (C=O) groups excluding carboxylic acids is 3. The van der Waals surface area contributed by atoms with Gasteiger partial charge in [-0.2, -0.15) is 0 Å². The van der Waals surface area contributed by atoms with Crippen LogP contribution in [0.2, 0.25) is 0 Å². The van der Waals surface area contributed by atoms with Crippen molar-refractivity contribution in [2.24, 2.45) is 0 Å². The molecule has 0 unspecified atom stereocenters. The summed E-state index contributed by atoms with van der Waals surface area (Å²) in [5, 5.41) is 2.89. The number of nitrogens with one attached hydrogen (secondary N) is 1. The molecule has 6 nitrogen and oxygen atoms in total. The van der Waals surface area contributed by atoms with Crippen molar-refractivity contribution >= 4 is 35.2 Å². The van der Waals surface area contributed by atoms with Crippen molar-refractivity contribution in [3.63, 3.8) is 0 Å². The van der Waals surface area contributed by atoms with E-state index < -0.39 is 5.97 Å². The van der Waals surface area contributed by atoms with Crippen LogP contribution < -0.4 is 10.2 Å². The van der Waals surface area contributed by atoms with E-state index in [1.807, 2.05) is 24.3 Å². The Hall–Kier alpha value is -2.80. The Morgan fingerprint density at radius 1 is 1.11 bits per heavy atom. The first kappa shape index (κ1) is 19.9. The molecule has 2 amide bonds. The summed E-state index contributed by atoms with van der Waals surface area (Å²) in [4.78, 5) is 39.2. The number of rotatable bonds is 5. The number of fused-ring (bicyclic) bond motifs is 1. The number of anilines is 1. The van der Waals surface area contributed by atoms with Gasteiger partial charge in [-0.15, -0.1) is 11.8 Å². The number of carbonyl (C=O) groups is 3. The number of benzene rings is 2. The summed E-state index contributed by atoms with van der Waals surface area (Å²) in [7, 11) is 0. The van der Waals surface area contributed by atoms with E-state index in [1.165, 1.54) is 0 Å². The van der Waals surface area contributed by atoms with Gasteiger partial charge in [0.1, 0.15) is 6.54 Å². The van der Waals surface area contributed by atoms with Crippen LogP contribution in [0.5, 0.6) is 0 Å². The van der Waals surface area contributed by atoms with E-state index in [0.717, 1.165) is 17.0 Å². The normalized spacial score (nSPS) is 15.9. The van der Waals surface area contributed by atoms with Crippen LogP contribution in [0.15, 0.2) is 59.5 Å². The minimum atomic E-state index is -0.650. The topological polar surface area (TPSA) is 75.7 Å². The summed E-state index contributed by atoms with van der Waals surface area (Å²) in [6, 6.07) is 16.3. The van der Waals surface area contributed by atoms with Gasteiger partial charge in [-0.3, -0.25) is 14.4 Å². The molecule has 146 valence electrons. The minimum Gasteiger partial charge on any atom is -0.454 e. The number of thioether (sulfide) groups is 1. The maximum Gasteiger partial charge on any atom is 0.325 e. The van der Waals surface area contributed by atoms with Gasteiger partial charge in [0.05, 0.1) is 5.69 Å². The number of para-hydroxylation sites is 1. The highest BCUT2D eigenvalue weighted by molar-refractivity contribution is 8.00. The largest absolute Gasteiger partial charge is 0.454 e. The number of nitrogens with zero attached hydrogens (tertiary/aromatic N) is 1. The fourth-order valence-electron chi connectivity index (χ4n) is 2.86. The summed E-state index contributed by atoms with van der Waals surface area (Å²) < 4.78 is 5.07. The van der Waals surface area contributed by atoms with E-state index >= 15 is 0 Å². The Balaban J connectivity index is 1.52. The Kier molecular flexibility index (Phi) is 6.71. The molecular formula is C21H22N2O4S. The maximum atomic E-state index is 12.6. The summed E-state index contributed by atoms with van der Waals surface area (Å²) >= 11 is 1.74. The van der Waals surface area contributed by atoms with Gasteiger partial charge in [0.15, 0.2) is 6.61 Å². The second-order valence-corrected chi connectivity index (χ2v) is 7.92. The molecule has 0 radical (unpaired) electrons. The van der Waals surface area contributed by atoms with Crippen LogP contribution in [-0.4, -0.2) is 42.7 Å². The molecule has 2 aromatic rings. The molecule has 7 heteroatoms. The lowest BCUT2D eigenvalue weighted by atomic mass is 10.2. The van der Waals surface area contributed by atoms with Crippen LogP contribution in [0.25, 0.3) is 0 Å². The fraction of sp³-hybridized carbons (Fsp3) is 0.286. The smallest absolute Gasteiger partial charge is 0.325 e. The zero-order chi connectivity index (χ0) is 19.9. The predicted octanol–water partition coefficient (Wildman–Crippen LogP) is 2.88. The zero-order valence-corrected chi connectivity index (χ0v) is 16.4. The first-order valence-corrected chi connectivity index (χ1v) is 9.97. The number of amides is 2. The highest BCUT2D eigenvalue weighted by Gasteiger charge is 2.24. The fourth-order valence-corrected chi connectivity index (χ4v) is 3.97. The zero-order valence-electron chi connectivity index (χ0n) is 15.6. The van der Waals surface area contributed by atoms with Gasteiger partial charge in [-0.1, -0.05) is 37.3 Å². The van der Waals surface area contributed by atoms with E-state index in [2.05, 4.69) is 12.2 Å². The van der Waals surface area contributed by atoms with Crippen LogP contribution in [0, 0.1) is 0 Å².